The van der Waals surface area contributed by atoms with E-state index in [9.17, 15) is 14.4 Å². The molecule has 5 aromatic carbocycles. The van der Waals surface area contributed by atoms with Gasteiger partial charge in [-0.05, 0) is 185 Å². The molecule has 0 spiro atoms. The number of aromatic amines is 3. The molecular weight excluding hydrogens is 1410 g/mol. The first kappa shape index (κ1) is 71.5. The van der Waals surface area contributed by atoms with Crippen LogP contribution >= 0.6 is 58.6 Å². The molecular formula is C73H88ClN23O3S4. The van der Waals surface area contributed by atoms with Gasteiger partial charge in [0.1, 0.15) is 34.9 Å². The summed E-state index contributed by atoms with van der Waals surface area (Å²) in [4.78, 5) is 80.8. The summed E-state index contributed by atoms with van der Waals surface area (Å²) in [5.41, 5.74) is 7.13. The number of H-pyrrole nitrogens is 3. The Morgan fingerprint density at radius 3 is 1.21 bits per heavy atom. The number of hydrogen-bond acceptors (Lipinski definition) is 23. The van der Waals surface area contributed by atoms with Crippen molar-refractivity contribution in [1.82, 2.24) is 70.0 Å². The Bertz CT molecular complexity index is 5020. The summed E-state index contributed by atoms with van der Waals surface area (Å²) in [6, 6.07) is 47.7. The minimum Gasteiger partial charge on any atom is -0.356 e. The molecule has 0 bridgehead atoms. The first-order valence-electron chi connectivity index (χ1n) is 33.5. The van der Waals surface area contributed by atoms with Gasteiger partial charge >= 0.3 is 0 Å². The number of nitrogens with zero attached hydrogens (tertiary/aromatic N) is 14. The maximum Gasteiger partial charge on any atom is 0.291 e. The van der Waals surface area contributed by atoms with Crippen molar-refractivity contribution >= 4 is 146 Å². The van der Waals surface area contributed by atoms with Gasteiger partial charge in [0.15, 0.2) is 38.7 Å². The van der Waals surface area contributed by atoms with Crippen LogP contribution < -0.4 is 46.6 Å². The fourth-order valence-electron chi connectivity index (χ4n) is 10.7. The SMILES string of the molecule is CCc1cccc(C(=O)Nc2ccc(Sc3nc(Nc4cc(C)[nH]n4)cc(N4CCC4)n3)cc2)c1Cl.CSc1ccccc1C(=O)Nc1ccc(Sc2nc(Nc3cc(C)[nH]n3)cc(N3CCC3)n2)cc1.Cc1cc(Nc2cc(N3CCC3)nc(Sc3ccc(NC(=O)c4nccn4C)cc3)n2)n[nH]1.[HH].[HH].[HH].[HH].[HH].[HH].[HH]. The highest BCUT2D eigenvalue weighted by atomic mass is 35.5. The third-order valence-electron chi connectivity index (χ3n) is 16.5. The van der Waals surface area contributed by atoms with Gasteiger partial charge in [-0.15, -0.1) is 11.8 Å². The van der Waals surface area contributed by atoms with Crippen molar-refractivity contribution in [2.24, 2.45) is 7.05 Å². The third kappa shape index (κ3) is 18.6. The molecule has 0 aliphatic carbocycles. The zero-order valence-corrected chi connectivity index (χ0v) is 61.7. The van der Waals surface area contributed by atoms with E-state index < -0.39 is 0 Å². The molecule has 12 aromatic rings. The lowest BCUT2D eigenvalue weighted by atomic mass is 10.1. The molecule has 7 aromatic heterocycles. The molecule has 15 rings (SSSR count). The number of anilines is 12. The minimum absolute atomic E-state index is 0. The number of halogens is 1. The number of rotatable bonds is 23. The molecule has 26 nitrogen and oxygen atoms in total. The Kier molecular flexibility index (Phi) is 23.0. The molecule has 3 amide bonds. The summed E-state index contributed by atoms with van der Waals surface area (Å²) in [6.45, 7) is 13.8. The maximum atomic E-state index is 12.8. The molecule has 3 saturated heterocycles. The number of imidazole rings is 1. The molecule has 0 radical (unpaired) electrons. The molecule has 0 saturated carbocycles. The van der Waals surface area contributed by atoms with Crippen LogP contribution in [-0.2, 0) is 13.5 Å². The van der Waals surface area contributed by atoms with Gasteiger partial charge in [-0.3, -0.25) is 29.7 Å². The monoisotopic (exact) mass is 1500 g/mol. The number of carbonyl (C=O) groups excluding carboxylic acids is 3. The number of aryl methyl sites for hydroxylation is 5. The third-order valence-corrected chi connectivity index (χ3v) is 20.4. The Morgan fingerprint density at radius 1 is 0.481 bits per heavy atom. The number of nitrogens with one attached hydrogen (secondary N) is 9. The standard InChI is InChI=1S/C26H26ClN7OS.C25H25N7OS2.C22H23N9OS.7H2/c1-3-17-6-4-7-20(24(17)27)25(35)28-18-8-10-19(11-9-18)36-26-30-21(29-22-14-16(2)32-33-22)15-23(31-26)34-12-5-13-34;1-16-14-22(31-30-16)27-21-15-23(32-12-5-13-32)29-25(28-21)35-18-10-8-17(9-11-18)26-24(33)19-6-3-4-7-20(19)34-2;1-14-12-18(29-28-14)25-17-13-19(31-9-3-10-31)27-22(26-17)33-16-6-4-15(5-7-16)24-21(32)20-23-8-11-30(20)2;;;;;;;/h4,6-11,14-15H,3,5,12-13H2,1-2H3,(H,28,35)(H2,29,30,31,32,33);3-4,6-11,14-15H,5,12-13H2,1-2H3,(H,26,33)(H2,27,28,29,30,31);4-8,11-13H,3,9-10H2,1-2H3,(H,24,32)(H2,25,26,27,28,29);7*1H. The van der Waals surface area contributed by atoms with Gasteiger partial charge in [-0.25, -0.2) is 34.9 Å². The van der Waals surface area contributed by atoms with Crippen LogP contribution in [0.1, 0.15) is 90.2 Å². The topological polar surface area (TPSA) is 314 Å². The van der Waals surface area contributed by atoms with Crippen LogP contribution in [-0.4, -0.2) is 133 Å². The van der Waals surface area contributed by atoms with E-state index in [0.717, 1.165) is 123 Å². The van der Waals surface area contributed by atoms with E-state index in [-0.39, 0.29) is 27.7 Å². The number of hydrogen-bond donors (Lipinski definition) is 9. The van der Waals surface area contributed by atoms with Crippen molar-refractivity contribution in [3.63, 3.8) is 0 Å². The number of carbonyl (C=O) groups is 3. The van der Waals surface area contributed by atoms with Gasteiger partial charge in [0.2, 0.25) is 0 Å². The summed E-state index contributed by atoms with van der Waals surface area (Å²) < 4.78 is 1.68. The number of aromatic nitrogens is 14. The zero-order chi connectivity index (χ0) is 72.1. The van der Waals surface area contributed by atoms with Gasteiger partial charge in [0.05, 0.1) is 16.1 Å². The van der Waals surface area contributed by atoms with E-state index in [4.69, 9.17) is 31.5 Å². The van der Waals surface area contributed by atoms with Crippen LogP contribution in [0, 0.1) is 20.8 Å². The Balaban J connectivity index is 0.000000252. The van der Waals surface area contributed by atoms with Crippen molar-refractivity contribution < 1.29 is 24.4 Å². The van der Waals surface area contributed by atoms with Crippen LogP contribution in [0.5, 0.6) is 0 Å². The first-order chi connectivity index (χ1) is 50.6. The van der Waals surface area contributed by atoms with E-state index in [0.29, 0.717) is 77.9 Å². The highest BCUT2D eigenvalue weighted by Crippen LogP contribution is 2.36. The summed E-state index contributed by atoms with van der Waals surface area (Å²) in [7, 11) is 1.78. The van der Waals surface area contributed by atoms with Crippen molar-refractivity contribution in [3.05, 3.63) is 209 Å². The largest absolute Gasteiger partial charge is 0.356 e. The smallest absolute Gasteiger partial charge is 0.291 e. The van der Waals surface area contributed by atoms with Crippen LogP contribution in [0.25, 0.3) is 0 Å². The number of benzene rings is 5. The van der Waals surface area contributed by atoms with Crippen LogP contribution in [0.4, 0.5) is 69.4 Å². The van der Waals surface area contributed by atoms with Gasteiger partial charge in [0.25, 0.3) is 17.7 Å². The lowest BCUT2D eigenvalue weighted by Crippen LogP contribution is -2.37. The summed E-state index contributed by atoms with van der Waals surface area (Å²) in [5, 5.41) is 42.5. The first-order valence-corrected chi connectivity index (χ1v) is 37.6. The average molecular weight is 1500 g/mol. The predicted octanol–water partition coefficient (Wildman–Crippen LogP) is 17.0. The molecule has 3 aliphatic heterocycles. The van der Waals surface area contributed by atoms with Gasteiger partial charge in [-0.1, -0.05) is 42.8 Å². The molecule has 3 aliphatic rings. The molecule has 0 unspecified atom stereocenters. The van der Waals surface area contributed by atoms with E-state index in [2.05, 4.69) is 92.1 Å². The van der Waals surface area contributed by atoms with E-state index in [1.807, 2.05) is 180 Å². The van der Waals surface area contributed by atoms with Crippen LogP contribution in [0.15, 0.2) is 199 Å². The molecule has 10 heterocycles. The number of thioether (sulfide) groups is 1. The second-order valence-corrected chi connectivity index (χ2v) is 28.7. The van der Waals surface area contributed by atoms with Crippen LogP contribution in [0.3, 0.4) is 0 Å². The van der Waals surface area contributed by atoms with Crippen molar-refractivity contribution in [2.75, 3.05) is 92.1 Å². The summed E-state index contributed by atoms with van der Waals surface area (Å²) in [6.07, 6.45) is 9.56. The highest BCUT2D eigenvalue weighted by Gasteiger charge is 2.23. The van der Waals surface area contributed by atoms with Gasteiger partial charge < -0.3 is 51.2 Å². The maximum absolute atomic E-state index is 12.8. The van der Waals surface area contributed by atoms with E-state index in [1.54, 1.807) is 41.8 Å². The molecule has 3 fully saturated rings. The van der Waals surface area contributed by atoms with E-state index in [1.165, 1.54) is 48.1 Å². The normalized spacial score (nSPS) is 12.9. The van der Waals surface area contributed by atoms with Crippen molar-refractivity contribution in [1.29, 1.82) is 0 Å². The number of amides is 3. The second kappa shape index (κ2) is 33.5. The zero-order valence-electron chi connectivity index (χ0n) is 57.7. The molecule has 31 heteroatoms. The van der Waals surface area contributed by atoms with Gasteiger partial charge in [-0.2, -0.15) is 15.3 Å². The molecule has 104 heavy (non-hydrogen) atoms. The predicted molar refractivity (Wildman–Crippen MR) is 429 cm³/mol. The Morgan fingerprint density at radius 2 is 0.865 bits per heavy atom. The highest BCUT2D eigenvalue weighted by molar-refractivity contribution is 7.99. The Labute approximate surface area is 632 Å². The average Bonchev–Trinajstić information content (AvgIpc) is 1.70. The van der Waals surface area contributed by atoms with Gasteiger partial charge in [0, 0.05) is 159 Å². The quantitative estimate of drug-likeness (QED) is 0.0212. The lowest BCUT2D eigenvalue weighted by molar-refractivity contribution is 0.100. The molecule has 544 valence electrons. The van der Waals surface area contributed by atoms with Crippen LogP contribution in [0.2, 0.25) is 5.02 Å². The Hall–Kier alpha value is -10.9. The van der Waals surface area contributed by atoms with Crippen molar-refractivity contribution in [2.45, 2.75) is 88.4 Å². The second-order valence-electron chi connectivity index (χ2n) is 24.3. The fourth-order valence-corrected chi connectivity index (χ4v) is 13.9. The summed E-state index contributed by atoms with van der Waals surface area (Å²) >= 11 is 12.4. The minimum atomic E-state index is -0.252. The van der Waals surface area contributed by atoms with Crippen molar-refractivity contribution in [3.8, 4) is 0 Å². The summed E-state index contributed by atoms with van der Waals surface area (Å²) in [5.74, 6) is 6.67. The lowest BCUT2D eigenvalue weighted by Gasteiger charge is -2.32. The van der Waals surface area contributed by atoms with E-state index >= 15 is 0 Å². The fraction of sp³-hybridized carbons (Fsp3) is 0.219. The molecule has 0 atom stereocenters. The molecule has 9 N–H and O–H groups in total.